The quantitative estimate of drug-likeness (QED) is 0.796. The molecule has 1 fully saturated rings. The van der Waals surface area contributed by atoms with E-state index in [1.165, 1.54) is 6.42 Å². The van der Waals surface area contributed by atoms with Crippen LogP contribution in [0.5, 0.6) is 5.88 Å². The first-order chi connectivity index (χ1) is 7.25. The van der Waals surface area contributed by atoms with Crippen molar-refractivity contribution >= 4 is 0 Å². The molecular formula is C11H19N3O. The third kappa shape index (κ3) is 2.72. The van der Waals surface area contributed by atoms with Gasteiger partial charge in [-0.05, 0) is 25.3 Å². The number of nitrogens with zero attached hydrogens (tertiary/aromatic N) is 1. The topological polar surface area (TPSA) is 49.9 Å². The molecule has 1 aromatic rings. The van der Waals surface area contributed by atoms with Gasteiger partial charge in [0.25, 0.3) is 0 Å². The number of aromatic nitrogens is 2. The summed E-state index contributed by atoms with van der Waals surface area (Å²) in [5, 5.41) is 10.5. The highest BCUT2D eigenvalue weighted by molar-refractivity contribution is 5.16. The van der Waals surface area contributed by atoms with Gasteiger partial charge < -0.3 is 10.1 Å². The van der Waals surface area contributed by atoms with Gasteiger partial charge in [0.2, 0.25) is 5.88 Å². The lowest BCUT2D eigenvalue weighted by Crippen LogP contribution is -2.37. The molecule has 1 aliphatic heterocycles. The molecule has 1 aromatic heterocycles. The number of ether oxygens (including phenoxy) is 1. The van der Waals surface area contributed by atoms with Crippen molar-refractivity contribution in [1.29, 1.82) is 0 Å². The van der Waals surface area contributed by atoms with Crippen molar-refractivity contribution < 1.29 is 4.74 Å². The molecule has 0 bridgehead atoms. The summed E-state index contributed by atoms with van der Waals surface area (Å²) in [6.45, 7) is 6.32. The van der Waals surface area contributed by atoms with E-state index in [4.69, 9.17) is 4.74 Å². The van der Waals surface area contributed by atoms with Gasteiger partial charge in [0.1, 0.15) is 6.10 Å². The molecule has 2 rings (SSSR count). The van der Waals surface area contributed by atoms with Crippen molar-refractivity contribution in [3.63, 3.8) is 0 Å². The summed E-state index contributed by atoms with van der Waals surface area (Å²) in [4.78, 5) is 0. The molecule has 1 atom stereocenters. The lowest BCUT2D eigenvalue weighted by atomic mass is 10.1. The predicted octanol–water partition coefficient (Wildman–Crippen LogP) is 1.66. The Morgan fingerprint density at radius 2 is 2.40 bits per heavy atom. The van der Waals surface area contributed by atoms with E-state index in [2.05, 4.69) is 29.4 Å². The summed E-state index contributed by atoms with van der Waals surface area (Å²) in [5.74, 6) is 1.20. The molecule has 1 unspecified atom stereocenters. The summed E-state index contributed by atoms with van der Waals surface area (Å²) < 4.78 is 5.78. The second-order valence-corrected chi connectivity index (χ2v) is 4.40. The molecule has 2 N–H and O–H groups in total. The Morgan fingerprint density at radius 1 is 1.53 bits per heavy atom. The van der Waals surface area contributed by atoms with Crippen LogP contribution >= 0.6 is 0 Å². The van der Waals surface area contributed by atoms with Crippen LogP contribution in [0.2, 0.25) is 0 Å². The molecule has 0 spiro atoms. The summed E-state index contributed by atoms with van der Waals surface area (Å²) >= 11 is 0. The average molecular weight is 209 g/mol. The minimum Gasteiger partial charge on any atom is -0.472 e. The lowest BCUT2D eigenvalue weighted by molar-refractivity contribution is 0.160. The molecule has 0 amide bonds. The van der Waals surface area contributed by atoms with Crippen LogP contribution < -0.4 is 10.1 Å². The first-order valence-electron chi connectivity index (χ1n) is 5.68. The standard InChI is InChI=1S/C11H19N3O/c1-8(2)10-6-11(14-13-10)15-9-4-3-5-12-7-9/h6,8-9,12H,3-5,7H2,1-2H3,(H,13,14). The van der Waals surface area contributed by atoms with Crippen LogP contribution in [-0.2, 0) is 0 Å². The first-order valence-corrected chi connectivity index (χ1v) is 5.68. The number of H-pyrrole nitrogens is 1. The van der Waals surface area contributed by atoms with Gasteiger partial charge in [-0.3, -0.25) is 5.10 Å². The van der Waals surface area contributed by atoms with Gasteiger partial charge in [-0.2, -0.15) is 0 Å². The number of hydrogen-bond donors (Lipinski definition) is 2. The van der Waals surface area contributed by atoms with Gasteiger partial charge in [0, 0.05) is 18.3 Å². The van der Waals surface area contributed by atoms with Gasteiger partial charge in [0.15, 0.2) is 0 Å². The Labute approximate surface area is 90.4 Å². The largest absolute Gasteiger partial charge is 0.472 e. The van der Waals surface area contributed by atoms with Gasteiger partial charge >= 0.3 is 0 Å². The Kier molecular flexibility index (Phi) is 3.26. The third-order valence-electron chi connectivity index (χ3n) is 2.74. The van der Waals surface area contributed by atoms with E-state index >= 15 is 0 Å². The number of aromatic amines is 1. The van der Waals surface area contributed by atoms with Crippen molar-refractivity contribution in [3.05, 3.63) is 11.8 Å². The lowest BCUT2D eigenvalue weighted by Gasteiger charge is -2.22. The molecule has 0 aromatic carbocycles. The van der Waals surface area contributed by atoms with Crippen molar-refractivity contribution in [1.82, 2.24) is 15.5 Å². The highest BCUT2D eigenvalue weighted by Crippen LogP contribution is 2.18. The highest BCUT2D eigenvalue weighted by Gasteiger charge is 2.16. The Balaban J connectivity index is 1.91. The zero-order valence-electron chi connectivity index (χ0n) is 9.42. The molecule has 4 heteroatoms. The number of hydrogen-bond acceptors (Lipinski definition) is 3. The smallest absolute Gasteiger partial charge is 0.233 e. The van der Waals surface area contributed by atoms with Crippen LogP contribution in [0.15, 0.2) is 6.07 Å². The summed E-state index contributed by atoms with van der Waals surface area (Å²) in [6, 6.07) is 2.00. The molecule has 1 aliphatic rings. The Morgan fingerprint density at radius 3 is 3.00 bits per heavy atom. The maximum Gasteiger partial charge on any atom is 0.233 e. The average Bonchev–Trinajstić information content (AvgIpc) is 2.68. The van der Waals surface area contributed by atoms with Crippen molar-refractivity contribution in [2.75, 3.05) is 13.1 Å². The molecule has 2 heterocycles. The molecule has 4 nitrogen and oxygen atoms in total. The minimum absolute atomic E-state index is 0.280. The van der Waals surface area contributed by atoms with Gasteiger partial charge in [0.05, 0.1) is 0 Å². The highest BCUT2D eigenvalue weighted by atomic mass is 16.5. The van der Waals surface area contributed by atoms with E-state index in [1.807, 2.05) is 6.07 Å². The molecule has 84 valence electrons. The van der Waals surface area contributed by atoms with Crippen LogP contribution in [0, 0.1) is 0 Å². The van der Waals surface area contributed by atoms with E-state index in [0.29, 0.717) is 5.92 Å². The third-order valence-corrected chi connectivity index (χ3v) is 2.74. The van der Waals surface area contributed by atoms with Gasteiger partial charge in [-0.15, -0.1) is 5.10 Å². The second-order valence-electron chi connectivity index (χ2n) is 4.40. The molecule has 15 heavy (non-hydrogen) atoms. The van der Waals surface area contributed by atoms with Crippen LogP contribution in [0.4, 0.5) is 0 Å². The van der Waals surface area contributed by atoms with Gasteiger partial charge in [-0.1, -0.05) is 13.8 Å². The van der Waals surface area contributed by atoms with Crippen LogP contribution in [-0.4, -0.2) is 29.4 Å². The first kappa shape index (κ1) is 10.5. The van der Waals surface area contributed by atoms with E-state index in [-0.39, 0.29) is 6.10 Å². The Bertz CT molecular complexity index is 303. The summed E-state index contributed by atoms with van der Waals surface area (Å²) in [7, 11) is 0. The predicted molar refractivity (Wildman–Crippen MR) is 59.2 cm³/mol. The fourth-order valence-corrected chi connectivity index (χ4v) is 1.76. The minimum atomic E-state index is 0.280. The SMILES string of the molecule is CC(C)c1cc(OC2CCCNC2)n[nH]1. The zero-order valence-corrected chi connectivity index (χ0v) is 9.42. The number of piperidine rings is 1. The van der Waals surface area contributed by atoms with E-state index in [9.17, 15) is 0 Å². The van der Waals surface area contributed by atoms with E-state index in [1.54, 1.807) is 0 Å². The fourth-order valence-electron chi connectivity index (χ4n) is 1.76. The maximum atomic E-state index is 5.78. The Hall–Kier alpha value is -1.03. The van der Waals surface area contributed by atoms with E-state index < -0.39 is 0 Å². The van der Waals surface area contributed by atoms with E-state index in [0.717, 1.165) is 31.1 Å². The number of rotatable bonds is 3. The normalized spacial score (nSPS) is 21.9. The van der Waals surface area contributed by atoms with Crippen molar-refractivity contribution in [2.45, 2.75) is 38.7 Å². The summed E-state index contributed by atoms with van der Waals surface area (Å²) in [6.07, 6.45) is 2.59. The molecule has 0 aliphatic carbocycles. The summed E-state index contributed by atoms with van der Waals surface area (Å²) in [5.41, 5.74) is 1.13. The monoisotopic (exact) mass is 209 g/mol. The number of nitrogens with one attached hydrogen (secondary N) is 2. The molecule has 1 saturated heterocycles. The van der Waals surface area contributed by atoms with Crippen LogP contribution in [0.25, 0.3) is 0 Å². The zero-order chi connectivity index (χ0) is 10.7. The fraction of sp³-hybridized carbons (Fsp3) is 0.727. The molecular weight excluding hydrogens is 190 g/mol. The van der Waals surface area contributed by atoms with Crippen LogP contribution in [0.3, 0.4) is 0 Å². The molecule has 0 saturated carbocycles. The second kappa shape index (κ2) is 4.66. The maximum absolute atomic E-state index is 5.78. The molecule has 0 radical (unpaired) electrons. The van der Waals surface area contributed by atoms with Crippen molar-refractivity contribution in [2.24, 2.45) is 0 Å². The van der Waals surface area contributed by atoms with Crippen LogP contribution in [0.1, 0.15) is 38.3 Å². The van der Waals surface area contributed by atoms with Crippen molar-refractivity contribution in [3.8, 4) is 5.88 Å². The van der Waals surface area contributed by atoms with Gasteiger partial charge in [-0.25, -0.2) is 0 Å².